The summed E-state index contributed by atoms with van der Waals surface area (Å²) in [5.41, 5.74) is 1.35. The van der Waals surface area contributed by atoms with E-state index in [1.165, 1.54) is 11.8 Å². The highest BCUT2D eigenvalue weighted by atomic mass is 32.2. The van der Waals surface area contributed by atoms with Gasteiger partial charge in [0.25, 0.3) is 0 Å². The van der Waals surface area contributed by atoms with Crippen LogP contribution in [0.25, 0.3) is 0 Å². The lowest BCUT2D eigenvalue weighted by Crippen LogP contribution is -2.45. The number of likely N-dealkylation sites (tertiary alicyclic amines) is 1. The summed E-state index contributed by atoms with van der Waals surface area (Å²) >= 11 is 0. The fraction of sp³-hybridized carbons (Fsp3) is 0.682. The number of carbonyl (C=O) groups is 1. The molecule has 0 amide bonds. The smallest absolute Gasteiger partial charge is 0.310 e. The Morgan fingerprint density at radius 1 is 1.21 bits per heavy atom. The predicted molar refractivity (Wildman–Crippen MR) is 113 cm³/mol. The van der Waals surface area contributed by atoms with E-state index in [0.29, 0.717) is 24.1 Å². The molecule has 1 heterocycles. The van der Waals surface area contributed by atoms with Gasteiger partial charge in [-0.15, -0.1) is 0 Å². The Morgan fingerprint density at radius 3 is 2.41 bits per heavy atom. The molecule has 1 aromatic carbocycles. The molecule has 1 saturated heterocycles. The van der Waals surface area contributed by atoms with Gasteiger partial charge in [-0.2, -0.15) is 0 Å². The number of nitrogens with zero attached hydrogens (tertiary/aromatic N) is 1. The van der Waals surface area contributed by atoms with Gasteiger partial charge in [-0.1, -0.05) is 38.3 Å². The second kappa shape index (κ2) is 7.27. The van der Waals surface area contributed by atoms with Gasteiger partial charge in [0.2, 0.25) is 10.0 Å². The minimum Gasteiger partial charge on any atom is -0.481 e. The van der Waals surface area contributed by atoms with E-state index in [1.807, 2.05) is 12.1 Å². The van der Waals surface area contributed by atoms with Crippen molar-refractivity contribution in [1.29, 1.82) is 0 Å². The maximum absolute atomic E-state index is 12.0. The highest BCUT2D eigenvalue weighted by molar-refractivity contribution is 7.92. The molecule has 2 atom stereocenters. The number of carboxylic acid groups (broad SMARTS) is 1. The number of aliphatic carboxylic acids is 1. The molecule has 2 unspecified atom stereocenters. The zero-order valence-corrected chi connectivity index (χ0v) is 18.2. The van der Waals surface area contributed by atoms with E-state index >= 15 is 0 Å². The number of piperidine rings is 1. The number of sulfonamides is 1. The van der Waals surface area contributed by atoms with E-state index in [-0.39, 0.29) is 5.41 Å². The van der Waals surface area contributed by atoms with Crippen LogP contribution in [0, 0.1) is 17.3 Å². The Balaban J connectivity index is 1.48. The molecule has 3 aliphatic rings. The van der Waals surface area contributed by atoms with Crippen molar-refractivity contribution in [1.82, 2.24) is 4.90 Å². The summed E-state index contributed by atoms with van der Waals surface area (Å²) in [4.78, 5) is 14.4. The molecular weight excluding hydrogens is 388 g/mol. The fourth-order valence-electron chi connectivity index (χ4n) is 6.28. The van der Waals surface area contributed by atoms with Crippen LogP contribution in [-0.2, 0) is 20.2 Å². The van der Waals surface area contributed by atoms with Gasteiger partial charge in [0.05, 0.1) is 11.7 Å². The average Bonchev–Trinajstić information content (AvgIpc) is 3.05. The SMILES string of the molecule is CCC1(c2cccc(NS(C)(=O)=O)c2)C2CN(CC3(C(=O)O)CCCCC3)CC21. The molecule has 0 aromatic heterocycles. The molecule has 6 nitrogen and oxygen atoms in total. The first-order chi connectivity index (χ1) is 13.7. The highest BCUT2D eigenvalue weighted by Gasteiger charge is 2.67. The second-order valence-corrected chi connectivity index (χ2v) is 11.2. The number of nitrogens with one attached hydrogen (secondary N) is 1. The van der Waals surface area contributed by atoms with E-state index in [9.17, 15) is 18.3 Å². The van der Waals surface area contributed by atoms with E-state index < -0.39 is 21.4 Å². The van der Waals surface area contributed by atoms with Crippen LogP contribution >= 0.6 is 0 Å². The Labute approximate surface area is 173 Å². The molecule has 29 heavy (non-hydrogen) atoms. The van der Waals surface area contributed by atoms with Crippen LogP contribution in [-0.4, -0.2) is 50.3 Å². The molecule has 2 aliphatic carbocycles. The minimum atomic E-state index is -3.30. The first-order valence-electron chi connectivity index (χ1n) is 10.7. The summed E-state index contributed by atoms with van der Waals surface area (Å²) in [5.74, 6) is 0.421. The van der Waals surface area contributed by atoms with Crippen molar-refractivity contribution < 1.29 is 18.3 Å². The van der Waals surface area contributed by atoms with Crippen molar-refractivity contribution in [3.63, 3.8) is 0 Å². The molecule has 0 bridgehead atoms. The number of fused-ring (bicyclic) bond motifs is 1. The minimum absolute atomic E-state index is 0.0919. The third-order valence-electron chi connectivity index (χ3n) is 7.69. The molecule has 2 saturated carbocycles. The second-order valence-electron chi connectivity index (χ2n) is 9.40. The summed E-state index contributed by atoms with van der Waals surface area (Å²) in [7, 11) is -3.30. The van der Waals surface area contributed by atoms with Gasteiger partial charge in [0.15, 0.2) is 0 Å². The predicted octanol–water partition coefficient (Wildman–Crippen LogP) is 3.30. The van der Waals surface area contributed by atoms with Crippen LogP contribution in [0.4, 0.5) is 5.69 Å². The van der Waals surface area contributed by atoms with Gasteiger partial charge in [-0.05, 0) is 48.8 Å². The number of anilines is 1. The summed E-state index contributed by atoms with van der Waals surface area (Å²) in [6.07, 6.45) is 6.97. The lowest BCUT2D eigenvalue weighted by atomic mass is 9.73. The quantitative estimate of drug-likeness (QED) is 0.707. The van der Waals surface area contributed by atoms with Crippen LogP contribution < -0.4 is 4.72 Å². The molecule has 3 fully saturated rings. The maximum atomic E-state index is 12.0. The molecule has 160 valence electrons. The van der Waals surface area contributed by atoms with Gasteiger partial charge >= 0.3 is 5.97 Å². The first-order valence-corrected chi connectivity index (χ1v) is 12.6. The third kappa shape index (κ3) is 3.67. The largest absolute Gasteiger partial charge is 0.481 e. The highest BCUT2D eigenvalue weighted by Crippen LogP contribution is 2.65. The molecule has 2 N–H and O–H groups in total. The summed E-state index contributed by atoms with van der Waals surface area (Å²) in [6, 6.07) is 7.80. The number of benzene rings is 1. The zero-order valence-electron chi connectivity index (χ0n) is 17.4. The molecule has 1 aliphatic heterocycles. The van der Waals surface area contributed by atoms with Gasteiger partial charge in [-0.25, -0.2) is 8.42 Å². The molecule has 7 heteroatoms. The molecule has 4 rings (SSSR count). The van der Waals surface area contributed by atoms with E-state index in [1.54, 1.807) is 6.07 Å². The van der Waals surface area contributed by atoms with Crippen LogP contribution in [0.2, 0.25) is 0 Å². The van der Waals surface area contributed by atoms with Crippen LogP contribution in [0.15, 0.2) is 24.3 Å². The number of rotatable bonds is 7. The van der Waals surface area contributed by atoms with Crippen LogP contribution in [0.5, 0.6) is 0 Å². The van der Waals surface area contributed by atoms with Crippen LogP contribution in [0.1, 0.15) is 51.0 Å². The number of hydrogen-bond acceptors (Lipinski definition) is 4. The maximum Gasteiger partial charge on any atom is 0.310 e. The zero-order chi connectivity index (χ0) is 20.9. The summed E-state index contributed by atoms with van der Waals surface area (Å²) in [5, 5.41) is 9.89. The van der Waals surface area contributed by atoms with Crippen LogP contribution in [0.3, 0.4) is 0 Å². The summed E-state index contributed by atoms with van der Waals surface area (Å²) in [6.45, 7) is 4.76. The van der Waals surface area contributed by atoms with Crippen molar-refractivity contribution >= 4 is 21.7 Å². The van der Waals surface area contributed by atoms with Gasteiger partial charge in [-0.3, -0.25) is 9.52 Å². The van der Waals surface area contributed by atoms with Crippen molar-refractivity contribution in [2.45, 2.75) is 50.9 Å². The topological polar surface area (TPSA) is 86.7 Å². The fourth-order valence-corrected chi connectivity index (χ4v) is 6.84. The Hall–Kier alpha value is -1.60. The molecular formula is C22H32N2O4S. The number of carboxylic acids is 1. The summed E-state index contributed by atoms with van der Waals surface area (Å²) < 4.78 is 25.8. The Morgan fingerprint density at radius 2 is 1.86 bits per heavy atom. The lowest BCUT2D eigenvalue weighted by Gasteiger charge is -2.38. The van der Waals surface area contributed by atoms with Crippen molar-refractivity contribution in [3.05, 3.63) is 29.8 Å². The molecule has 0 spiro atoms. The first kappa shape index (κ1) is 20.7. The third-order valence-corrected chi connectivity index (χ3v) is 8.30. The number of hydrogen-bond donors (Lipinski definition) is 2. The van der Waals surface area contributed by atoms with Crippen molar-refractivity contribution in [2.75, 3.05) is 30.6 Å². The van der Waals surface area contributed by atoms with Crippen molar-refractivity contribution in [3.8, 4) is 0 Å². The van der Waals surface area contributed by atoms with E-state index in [4.69, 9.17) is 0 Å². The standard InChI is InChI=1S/C22H32N2O4S/c1-3-22(16-8-7-9-17(12-16)23-29(2,27)28)18-13-24(14-19(18)22)15-21(20(25)26)10-5-4-6-11-21/h7-9,12,18-19,23H,3-6,10-11,13-15H2,1-2H3,(H,25,26). The Kier molecular flexibility index (Phi) is 5.18. The Bertz CT molecular complexity index is 880. The van der Waals surface area contributed by atoms with E-state index in [2.05, 4.69) is 22.6 Å². The monoisotopic (exact) mass is 420 g/mol. The van der Waals surface area contributed by atoms with Crippen molar-refractivity contribution in [2.24, 2.45) is 17.3 Å². The average molecular weight is 421 g/mol. The molecule has 1 aromatic rings. The lowest BCUT2D eigenvalue weighted by molar-refractivity contribution is -0.152. The van der Waals surface area contributed by atoms with E-state index in [0.717, 1.165) is 51.6 Å². The van der Waals surface area contributed by atoms with Gasteiger partial charge in [0.1, 0.15) is 0 Å². The molecule has 0 radical (unpaired) electrons. The van der Waals surface area contributed by atoms with Gasteiger partial charge in [0, 0.05) is 30.7 Å². The van der Waals surface area contributed by atoms with Gasteiger partial charge < -0.3 is 10.0 Å². The normalized spacial score (nSPS) is 31.2.